The van der Waals surface area contributed by atoms with Crippen LogP contribution in [0.4, 0.5) is 5.82 Å². The van der Waals surface area contributed by atoms with Crippen molar-refractivity contribution in [1.82, 2.24) is 9.97 Å². The van der Waals surface area contributed by atoms with Crippen molar-refractivity contribution in [2.75, 3.05) is 5.73 Å². The number of rotatable bonds is 4. The molecule has 3 rings (SSSR count). The van der Waals surface area contributed by atoms with Gasteiger partial charge in [0.2, 0.25) is 5.88 Å². The lowest BCUT2D eigenvalue weighted by atomic mass is 10.1. The summed E-state index contributed by atoms with van der Waals surface area (Å²) in [6.07, 6.45) is 2.29. The fourth-order valence-corrected chi connectivity index (χ4v) is 2.04. The SMILES string of the molecule is Nc1cc(Oc2ccc(Cc3ccccc3)cc2)ncn1. The standard InChI is InChI=1S/C17H15N3O/c18-16-11-17(20-12-19-16)21-15-8-6-14(7-9-15)10-13-4-2-1-3-5-13/h1-9,11-12H,10H2,(H2,18,19,20). The van der Waals surface area contributed by atoms with Gasteiger partial charge >= 0.3 is 0 Å². The number of anilines is 1. The van der Waals surface area contributed by atoms with Crippen LogP contribution in [0.1, 0.15) is 11.1 Å². The van der Waals surface area contributed by atoms with E-state index in [1.54, 1.807) is 6.07 Å². The van der Waals surface area contributed by atoms with Crippen LogP contribution < -0.4 is 10.5 Å². The fourth-order valence-electron chi connectivity index (χ4n) is 2.04. The predicted octanol–water partition coefficient (Wildman–Crippen LogP) is 3.44. The summed E-state index contributed by atoms with van der Waals surface area (Å²) in [6.45, 7) is 0. The first-order valence-corrected chi connectivity index (χ1v) is 6.68. The van der Waals surface area contributed by atoms with Gasteiger partial charge in [-0.2, -0.15) is 0 Å². The summed E-state index contributed by atoms with van der Waals surface area (Å²) in [6, 6.07) is 19.9. The van der Waals surface area contributed by atoms with Crippen molar-refractivity contribution >= 4 is 5.82 Å². The number of benzene rings is 2. The van der Waals surface area contributed by atoms with E-state index in [2.05, 4.69) is 22.1 Å². The Labute approximate surface area is 123 Å². The first-order valence-electron chi connectivity index (χ1n) is 6.68. The van der Waals surface area contributed by atoms with E-state index in [0.717, 1.165) is 12.2 Å². The van der Waals surface area contributed by atoms with Crippen LogP contribution in [-0.4, -0.2) is 9.97 Å². The summed E-state index contributed by atoms with van der Waals surface area (Å²) >= 11 is 0. The summed E-state index contributed by atoms with van der Waals surface area (Å²) in [5.41, 5.74) is 8.11. The van der Waals surface area contributed by atoms with Gasteiger partial charge in [0, 0.05) is 6.07 Å². The van der Waals surface area contributed by atoms with Crippen LogP contribution in [0.3, 0.4) is 0 Å². The number of nitrogen functional groups attached to an aromatic ring is 1. The Morgan fingerprint density at radius 2 is 1.57 bits per heavy atom. The molecule has 0 saturated heterocycles. The Hall–Kier alpha value is -2.88. The van der Waals surface area contributed by atoms with E-state index in [-0.39, 0.29) is 0 Å². The lowest BCUT2D eigenvalue weighted by molar-refractivity contribution is 0.462. The smallest absolute Gasteiger partial charge is 0.224 e. The molecule has 2 aromatic carbocycles. The minimum atomic E-state index is 0.390. The van der Waals surface area contributed by atoms with Gasteiger partial charge in [-0.05, 0) is 29.7 Å². The molecule has 0 unspecified atom stereocenters. The van der Waals surface area contributed by atoms with Crippen molar-refractivity contribution in [2.24, 2.45) is 0 Å². The number of hydrogen-bond acceptors (Lipinski definition) is 4. The number of nitrogens with two attached hydrogens (primary N) is 1. The minimum absolute atomic E-state index is 0.390. The van der Waals surface area contributed by atoms with Crippen molar-refractivity contribution < 1.29 is 4.74 Å². The lowest BCUT2D eigenvalue weighted by Crippen LogP contribution is -1.94. The number of ether oxygens (including phenoxy) is 1. The fraction of sp³-hybridized carbons (Fsp3) is 0.0588. The highest BCUT2D eigenvalue weighted by atomic mass is 16.5. The Balaban J connectivity index is 1.69. The van der Waals surface area contributed by atoms with E-state index in [9.17, 15) is 0 Å². The second kappa shape index (κ2) is 6.05. The summed E-state index contributed by atoms with van der Waals surface area (Å²) < 4.78 is 5.63. The Bertz CT molecular complexity index is 712. The molecule has 104 valence electrons. The molecule has 0 atom stereocenters. The van der Waals surface area contributed by atoms with Gasteiger partial charge in [-0.25, -0.2) is 9.97 Å². The minimum Gasteiger partial charge on any atom is -0.439 e. The zero-order chi connectivity index (χ0) is 14.5. The third-order valence-corrected chi connectivity index (χ3v) is 3.06. The van der Waals surface area contributed by atoms with Gasteiger partial charge in [-0.15, -0.1) is 0 Å². The molecule has 4 heteroatoms. The molecule has 0 bridgehead atoms. The summed E-state index contributed by atoms with van der Waals surface area (Å²) in [5, 5.41) is 0. The van der Waals surface area contributed by atoms with Crippen LogP contribution >= 0.6 is 0 Å². The van der Waals surface area contributed by atoms with Gasteiger partial charge in [0.05, 0.1) is 0 Å². The van der Waals surface area contributed by atoms with Crippen LogP contribution in [0.2, 0.25) is 0 Å². The zero-order valence-electron chi connectivity index (χ0n) is 11.4. The molecule has 0 spiro atoms. The number of aromatic nitrogens is 2. The van der Waals surface area contributed by atoms with Crippen molar-refractivity contribution in [1.29, 1.82) is 0 Å². The average molecular weight is 277 g/mol. The Morgan fingerprint density at radius 3 is 2.29 bits per heavy atom. The van der Waals surface area contributed by atoms with E-state index >= 15 is 0 Å². The molecular weight excluding hydrogens is 262 g/mol. The molecule has 1 heterocycles. The van der Waals surface area contributed by atoms with E-state index in [0.29, 0.717) is 11.7 Å². The lowest BCUT2D eigenvalue weighted by Gasteiger charge is -2.06. The van der Waals surface area contributed by atoms with E-state index < -0.39 is 0 Å². The maximum absolute atomic E-state index is 5.63. The molecule has 0 aliphatic carbocycles. The molecule has 0 fully saturated rings. The topological polar surface area (TPSA) is 61.0 Å². The zero-order valence-corrected chi connectivity index (χ0v) is 11.4. The summed E-state index contributed by atoms with van der Waals surface area (Å²) in [7, 11) is 0. The number of nitrogens with zero attached hydrogens (tertiary/aromatic N) is 2. The van der Waals surface area contributed by atoms with Crippen molar-refractivity contribution in [3.63, 3.8) is 0 Å². The van der Waals surface area contributed by atoms with Gasteiger partial charge in [-0.3, -0.25) is 0 Å². The maximum atomic E-state index is 5.63. The van der Waals surface area contributed by atoms with Crippen molar-refractivity contribution in [3.8, 4) is 11.6 Å². The van der Waals surface area contributed by atoms with Gasteiger partial charge < -0.3 is 10.5 Å². The van der Waals surface area contributed by atoms with Crippen LogP contribution in [0, 0.1) is 0 Å². The second-order valence-corrected chi connectivity index (χ2v) is 4.69. The summed E-state index contributed by atoms with van der Waals surface area (Å²) in [5.74, 6) is 1.56. The molecule has 0 aliphatic heterocycles. The van der Waals surface area contributed by atoms with Gasteiger partial charge in [-0.1, -0.05) is 42.5 Å². The molecule has 0 aliphatic rings. The first kappa shape index (κ1) is 13.1. The highest BCUT2D eigenvalue weighted by Crippen LogP contribution is 2.21. The Kier molecular flexibility index (Phi) is 3.78. The molecule has 0 saturated carbocycles. The normalized spacial score (nSPS) is 10.3. The van der Waals surface area contributed by atoms with Gasteiger partial charge in [0.15, 0.2) is 0 Å². The predicted molar refractivity (Wildman–Crippen MR) is 82.2 cm³/mol. The molecule has 21 heavy (non-hydrogen) atoms. The maximum Gasteiger partial charge on any atom is 0.224 e. The van der Waals surface area contributed by atoms with E-state index in [4.69, 9.17) is 10.5 Å². The van der Waals surface area contributed by atoms with Crippen LogP contribution in [0.25, 0.3) is 0 Å². The molecular formula is C17H15N3O. The quantitative estimate of drug-likeness (QED) is 0.793. The van der Waals surface area contributed by atoms with Gasteiger partial charge in [0.1, 0.15) is 17.9 Å². The van der Waals surface area contributed by atoms with E-state index in [1.807, 2.05) is 42.5 Å². The third kappa shape index (κ3) is 3.57. The van der Waals surface area contributed by atoms with Crippen LogP contribution in [0.5, 0.6) is 11.6 Å². The first-order chi connectivity index (χ1) is 10.3. The average Bonchev–Trinajstić information content (AvgIpc) is 2.50. The highest BCUT2D eigenvalue weighted by molar-refractivity contribution is 5.36. The van der Waals surface area contributed by atoms with Gasteiger partial charge in [0.25, 0.3) is 0 Å². The summed E-state index contributed by atoms with van der Waals surface area (Å²) in [4.78, 5) is 7.84. The van der Waals surface area contributed by atoms with E-state index in [1.165, 1.54) is 17.5 Å². The monoisotopic (exact) mass is 277 g/mol. The Morgan fingerprint density at radius 1 is 0.857 bits per heavy atom. The molecule has 3 aromatic rings. The molecule has 2 N–H and O–H groups in total. The molecule has 4 nitrogen and oxygen atoms in total. The van der Waals surface area contributed by atoms with Crippen LogP contribution in [0.15, 0.2) is 67.0 Å². The largest absolute Gasteiger partial charge is 0.439 e. The third-order valence-electron chi connectivity index (χ3n) is 3.06. The van der Waals surface area contributed by atoms with Crippen LogP contribution in [-0.2, 0) is 6.42 Å². The molecule has 1 aromatic heterocycles. The highest BCUT2D eigenvalue weighted by Gasteiger charge is 2.01. The van der Waals surface area contributed by atoms with Crippen molar-refractivity contribution in [3.05, 3.63) is 78.1 Å². The second-order valence-electron chi connectivity index (χ2n) is 4.69. The number of hydrogen-bond donors (Lipinski definition) is 1. The molecule has 0 amide bonds. The van der Waals surface area contributed by atoms with Crippen molar-refractivity contribution in [2.45, 2.75) is 6.42 Å². The molecule has 0 radical (unpaired) electrons.